The fraction of sp³-hybridized carbons (Fsp3) is 0.500. The van der Waals surface area contributed by atoms with Gasteiger partial charge >= 0.3 is 6.09 Å². The van der Waals surface area contributed by atoms with E-state index in [0.717, 1.165) is 31.6 Å². The van der Waals surface area contributed by atoms with Crippen molar-refractivity contribution < 1.29 is 9.53 Å². The minimum absolute atomic E-state index is 0.190. The van der Waals surface area contributed by atoms with Crippen molar-refractivity contribution in [3.63, 3.8) is 0 Å². The van der Waals surface area contributed by atoms with Crippen molar-refractivity contribution >= 4 is 6.09 Å². The van der Waals surface area contributed by atoms with E-state index in [1.54, 1.807) is 0 Å². The molecule has 0 aliphatic carbocycles. The largest absolute Gasteiger partial charge is 0.445 e. The average molecular weight is 246 g/mol. The highest BCUT2D eigenvalue weighted by molar-refractivity contribution is 5.68. The number of nitrogens with zero attached hydrogens (tertiary/aromatic N) is 1. The summed E-state index contributed by atoms with van der Waals surface area (Å²) in [6.07, 6.45) is 2.03. The summed E-state index contributed by atoms with van der Waals surface area (Å²) in [6, 6.07) is 9.79. The Hall–Kier alpha value is -1.55. The van der Waals surface area contributed by atoms with Crippen LogP contribution in [0.25, 0.3) is 0 Å². The lowest BCUT2D eigenvalue weighted by atomic mass is 9.87. The lowest BCUT2D eigenvalue weighted by Gasteiger charge is -2.39. The minimum Gasteiger partial charge on any atom is -0.445 e. The molecule has 2 fully saturated rings. The van der Waals surface area contributed by atoms with Crippen LogP contribution in [0.4, 0.5) is 4.79 Å². The van der Waals surface area contributed by atoms with E-state index in [0.29, 0.717) is 6.61 Å². The van der Waals surface area contributed by atoms with Crippen molar-refractivity contribution in [1.29, 1.82) is 0 Å². The highest BCUT2D eigenvalue weighted by atomic mass is 16.6. The van der Waals surface area contributed by atoms with Gasteiger partial charge in [0.2, 0.25) is 0 Å². The number of benzene rings is 1. The predicted octanol–water partition coefficient (Wildman–Crippen LogP) is 1.76. The van der Waals surface area contributed by atoms with Crippen molar-refractivity contribution in [1.82, 2.24) is 10.2 Å². The van der Waals surface area contributed by atoms with E-state index in [4.69, 9.17) is 4.74 Å². The van der Waals surface area contributed by atoms with Crippen LogP contribution in [0.5, 0.6) is 0 Å². The maximum Gasteiger partial charge on any atom is 0.410 e. The van der Waals surface area contributed by atoms with Gasteiger partial charge in [0.05, 0.1) is 0 Å². The summed E-state index contributed by atoms with van der Waals surface area (Å²) in [5.41, 5.74) is 1.23. The molecule has 4 heteroatoms. The molecule has 0 radical (unpaired) electrons. The second-order valence-electron chi connectivity index (χ2n) is 5.17. The van der Waals surface area contributed by atoms with E-state index in [2.05, 4.69) is 5.32 Å². The quantitative estimate of drug-likeness (QED) is 0.864. The van der Waals surface area contributed by atoms with Crippen LogP contribution in [-0.2, 0) is 11.3 Å². The summed E-state index contributed by atoms with van der Waals surface area (Å²) in [5.74, 6) is 0. The fourth-order valence-corrected chi connectivity index (χ4v) is 2.67. The zero-order valence-electron chi connectivity index (χ0n) is 10.4. The molecule has 0 saturated carbocycles. The van der Waals surface area contributed by atoms with Gasteiger partial charge in [0.15, 0.2) is 0 Å². The minimum atomic E-state index is -0.190. The van der Waals surface area contributed by atoms with Gasteiger partial charge in [0.1, 0.15) is 6.61 Å². The van der Waals surface area contributed by atoms with E-state index in [1.807, 2.05) is 35.2 Å². The summed E-state index contributed by atoms with van der Waals surface area (Å²) in [6.45, 7) is 3.03. The molecule has 2 aliphatic rings. The van der Waals surface area contributed by atoms with E-state index in [9.17, 15) is 4.79 Å². The molecule has 1 spiro atoms. The molecule has 96 valence electrons. The van der Waals surface area contributed by atoms with Gasteiger partial charge in [-0.25, -0.2) is 4.79 Å². The topological polar surface area (TPSA) is 41.6 Å². The van der Waals surface area contributed by atoms with Crippen LogP contribution in [0.15, 0.2) is 30.3 Å². The number of carbonyl (C=O) groups is 1. The van der Waals surface area contributed by atoms with Crippen LogP contribution in [-0.4, -0.2) is 36.2 Å². The number of nitrogens with one attached hydrogen (secondary N) is 1. The predicted molar refractivity (Wildman–Crippen MR) is 68.2 cm³/mol. The van der Waals surface area contributed by atoms with Gasteiger partial charge < -0.3 is 15.0 Å². The molecule has 3 rings (SSSR count). The Balaban J connectivity index is 1.50. The van der Waals surface area contributed by atoms with Crippen LogP contribution < -0.4 is 5.32 Å². The smallest absolute Gasteiger partial charge is 0.410 e. The number of amides is 1. The molecule has 0 bridgehead atoms. The molecular formula is C14H18N2O2. The van der Waals surface area contributed by atoms with E-state index in [-0.39, 0.29) is 11.6 Å². The molecule has 1 amide bonds. The highest BCUT2D eigenvalue weighted by Crippen LogP contribution is 2.30. The molecule has 2 heterocycles. The van der Waals surface area contributed by atoms with Crippen molar-refractivity contribution in [2.75, 3.05) is 19.6 Å². The Morgan fingerprint density at radius 2 is 2.11 bits per heavy atom. The van der Waals surface area contributed by atoms with Crippen molar-refractivity contribution in [3.8, 4) is 0 Å². The van der Waals surface area contributed by atoms with Crippen LogP contribution in [0.1, 0.15) is 18.4 Å². The molecule has 1 N–H and O–H groups in total. The molecule has 1 aromatic carbocycles. The maximum absolute atomic E-state index is 11.9. The third kappa shape index (κ3) is 2.20. The zero-order valence-corrected chi connectivity index (χ0v) is 10.4. The zero-order chi connectivity index (χ0) is 12.4. The molecule has 4 nitrogen and oxygen atoms in total. The van der Waals surface area contributed by atoms with Crippen molar-refractivity contribution in [3.05, 3.63) is 35.9 Å². The van der Waals surface area contributed by atoms with Crippen molar-refractivity contribution in [2.45, 2.75) is 25.0 Å². The lowest BCUT2D eigenvalue weighted by Crippen LogP contribution is -2.58. The summed E-state index contributed by atoms with van der Waals surface area (Å²) in [4.78, 5) is 13.7. The average Bonchev–Trinajstić information content (AvgIpc) is 2.82. The summed E-state index contributed by atoms with van der Waals surface area (Å²) in [7, 11) is 0. The van der Waals surface area contributed by atoms with Gasteiger partial charge in [-0.3, -0.25) is 0 Å². The van der Waals surface area contributed by atoms with Gasteiger partial charge in [-0.15, -0.1) is 0 Å². The van der Waals surface area contributed by atoms with Crippen LogP contribution in [0.3, 0.4) is 0 Å². The van der Waals surface area contributed by atoms with Crippen LogP contribution >= 0.6 is 0 Å². The first-order valence-corrected chi connectivity index (χ1v) is 6.48. The number of ether oxygens (including phenoxy) is 1. The molecule has 2 aliphatic heterocycles. The molecule has 1 atom stereocenters. The monoisotopic (exact) mass is 246 g/mol. The first kappa shape index (κ1) is 11.5. The lowest BCUT2D eigenvalue weighted by molar-refractivity contribution is 0.0978. The Bertz CT molecular complexity index is 429. The van der Waals surface area contributed by atoms with Crippen LogP contribution in [0, 0.1) is 0 Å². The Morgan fingerprint density at radius 1 is 1.33 bits per heavy atom. The molecule has 0 aromatic heterocycles. The summed E-state index contributed by atoms with van der Waals surface area (Å²) >= 11 is 0. The SMILES string of the molecule is O=C(OCc1ccccc1)N1CCC2(CCN2)C1. The van der Waals surface area contributed by atoms with Gasteiger partial charge in [-0.05, 0) is 24.9 Å². The number of carbonyl (C=O) groups excluding carboxylic acids is 1. The van der Waals surface area contributed by atoms with Gasteiger partial charge in [-0.1, -0.05) is 30.3 Å². The number of hydrogen-bond donors (Lipinski definition) is 1. The molecule has 1 unspecified atom stereocenters. The maximum atomic E-state index is 11.9. The standard InChI is InChI=1S/C14H18N2O2/c17-13(18-10-12-4-2-1-3-5-12)16-9-7-14(11-16)6-8-15-14/h1-5,15H,6-11H2. The van der Waals surface area contributed by atoms with E-state index < -0.39 is 0 Å². The van der Waals surface area contributed by atoms with Gasteiger partial charge in [0.25, 0.3) is 0 Å². The number of hydrogen-bond acceptors (Lipinski definition) is 3. The van der Waals surface area contributed by atoms with E-state index in [1.165, 1.54) is 6.42 Å². The Kier molecular flexibility index (Phi) is 2.96. The summed E-state index contributed by atoms with van der Waals surface area (Å²) in [5, 5.41) is 3.43. The first-order valence-electron chi connectivity index (χ1n) is 6.48. The molecule has 18 heavy (non-hydrogen) atoms. The Labute approximate surface area is 107 Å². The second kappa shape index (κ2) is 4.61. The number of likely N-dealkylation sites (tertiary alicyclic amines) is 1. The first-order chi connectivity index (χ1) is 8.77. The fourth-order valence-electron chi connectivity index (χ4n) is 2.67. The normalized spacial score (nSPS) is 26.1. The van der Waals surface area contributed by atoms with Crippen LogP contribution in [0.2, 0.25) is 0 Å². The molecule has 2 saturated heterocycles. The summed E-state index contributed by atoms with van der Waals surface area (Å²) < 4.78 is 5.33. The molecule has 1 aromatic rings. The van der Waals surface area contributed by atoms with Gasteiger partial charge in [0, 0.05) is 18.6 Å². The second-order valence-corrected chi connectivity index (χ2v) is 5.17. The Morgan fingerprint density at radius 3 is 2.72 bits per heavy atom. The van der Waals surface area contributed by atoms with Crippen molar-refractivity contribution in [2.24, 2.45) is 0 Å². The third-order valence-electron chi connectivity index (χ3n) is 3.92. The van der Waals surface area contributed by atoms with Gasteiger partial charge in [-0.2, -0.15) is 0 Å². The highest BCUT2D eigenvalue weighted by Gasteiger charge is 2.44. The molecular weight excluding hydrogens is 228 g/mol. The third-order valence-corrected chi connectivity index (χ3v) is 3.92. The van der Waals surface area contributed by atoms with E-state index >= 15 is 0 Å². The number of rotatable bonds is 2.